The van der Waals surface area contributed by atoms with Gasteiger partial charge in [0.25, 0.3) is 0 Å². The SMILES string of the molecule is CC1(C)c2cc3ccccc3cc2-c2c(-c3ccccc3-c3cc(-c4ccccc4-n4c5ccccc5c5ccccc54)nc(-c4ccccc4)n3)cccc21. The summed E-state index contributed by atoms with van der Waals surface area (Å²) in [5, 5.41) is 4.99. The van der Waals surface area contributed by atoms with Gasteiger partial charge in [0.1, 0.15) is 0 Å². The van der Waals surface area contributed by atoms with E-state index in [2.05, 4.69) is 200 Å². The van der Waals surface area contributed by atoms with Crippen molar-refractivity contribution in [3.05, 3.63) is 199 Å². The minimum atomic E-state index is -0.140. The molecule has 56 heavy (non-hydrogen) atoms. The maximum absolute atomic E-state index is 5.37. The summed E-state index contributed by atoms with van der Waals surface area (Å²) in [5.41, 5.74) is 15.8. The molecular weight excluding hydrogens is 679 g/mol. The molecule has 10 aromatic rings. The normalized spacial score (nSPS) is 13.0. The molecule has 0 bridgehead atoms. The summed E-state index contributed by atoms with van der Waals surface area (Å²) in [6.07, 6.45) is 0. The quantitative estimate of drug-likeness (QED) is 0.178. The van der Waals surface area contributed by atoms with Gasteiger partial charge in [-0.1, -0.05) is 166 Å². The molecule has 11 rings (SSSR count). The largest absolute Gasteiger partial charge is 0.309 e. The zero-order valence-electron chi connectivity index (χ0n) is 31.2. The zero-order chi connectivity index (χ0) is 37.4. The Morgan fingerprint density at radius 2 is 0.964 bits per heavy atom. The summed E-state index contributed by atoms with van der Waals surface area (Å²) < 4.78 is 2.38. The van der Waals surface area contributed by atoms with Gasteiger partial charge in [-0.2, -0.15) is 0 Å². The molecule has 264 valence electrons. The summed E-state index contributed by atoms with van der Waals surface area (Å²) in [7, 11) is 0. The monoisotopic (exact) mass is 715 g/mol. The van der Waals surface area contributed by atoms with Crippen molar-refractivity contribution in [1.29, 1.82) is 0 Å². The highest BCUT2D eigenvalue weighted by Crippen LogP contribution is 2.54. The minimum Gasteiger partial charge on any atom is -0.309 e. The van der Waals surface area contributed by atoms with Crippen LogP contribution in [0.1, 0.15) is 25.0 Å². The Morgan fingerprint density at radius 3 is 1.70 bits per heavy atom. The first-order valence-corrected chi connectivity index (χ1v) is 19.3. The third-order valence-corrected chi connectivity index (χ3v) is 11.8. The molecule has 0 saturated carbocycles. The molecule has 3 nitrogen and oxygen atoms in total. The second-order valence-corrected chi connectivity index (χ2v) is 15.4. The van der Waals surface area contributed by atoms with Gasteiger partial charge in [0.2, 0.25) is 0 Å². The lowest BCUT2D eigenvalue weighted by Crippen LogP contribution is -2.14. The predicted octanol–water partition coefficient (Wildman–Crippen LogP) is 13.7. The van der Waals surface area contributed by atoms with Crippen LogP contribution in [0.15, 0.2) is 188 Å². The van der Waals surface area contributed by atoms with Crippen molar-refractivity contribution in [2.24, 2.45) is 0 Å². The molecule has 2 heterocycles. The number of hydrogen-bond donors (Lipinski definition) is 0. The lowest BCUT2D eigenvalue weighted by atomic mass is 9.81. The predicted molar refractivity (Wildman–Crippen MR) is 233 cm³/mol. The molecule has 0 unspecified atom stereocenters. The Kier molecular flexibility index (Phi) is 7.20. The summed E-state index contributed by atoms with van der Waals surface area (Å²) in [6.45, 7) is 4.72. The molecule has 1 aliphatic carbocycles. The van der Waals surface area contributed by atoms with Crippen molar-refractivity contribution in [2.75, 3.05) is 0 Å². The minimum absolute atomic E-state index is 0.140. The molecule has 3 heteroatoms. The first kappa shape index (κ1) is 32.3. The van der Waals surface area contributed by atoms with E-state index in [1.165, 1.54) is 49.4 Å². The van der Waals surface area contributed by atoms with Crippen LogP contribution in [-0.4, -0.2) is 14.5 Å². The average molecular weight is 716 g/mol. The molecule has 0 radical (unpaired) electrons. The molecule has 0 N–H and O–H groups in total. The fourth-order valence-corrected chi connectivity index (χ4v) is 9.15. The van der Waals surface area contributed by atoms with Crippen molar-refractivity contribution in [1.82, 2.24) is 14.5 Å². The molecule has 1 aliphatic rings. The van der Waals surface area contributed by atoms with Crippen LogP contribution in [0.5, 0.6) is 0 Å². The number of hydrogen-bond acceptors (Lipinski definition) is 2. The lowest BCUT2D eigenvalue weighted by molar-refractivity contribution is 0.661. The van der Waals surface area contributed by atoms with Gasteiger partial charge in [0.15, 0.2) is 5.82 Å². The molecule has 0 aliphatic heterocycles. The van der Waals surface area contributed by atoms with Gasteiger partial charge in [-0.3, -0.25) is 0 Å². The molecule has 0 fully saturated rings. The van der Waals surface area contributed by atoms with Gasteiger partial charge in [-0.15, -0.1) is 0 Å². The molecular formula is C53H37N3. The van der Waals surface area contributed by atoms with Gasteiger partial charge in [-0.25, -0.2) is 9.97 Å². The van der Waals surface area contributed by atoms with Crippen LogP contribution >= 0.6 is 0 Å². The van der Waals surface area contributed by atoms with E-state index in [0.29, 0.717) is 5.82 Å². The standard InChI is InChI=1S/C53H37N3/c1-53(2)44-27-16-26-41(51(44)43-31-35-19-6-7-20-36(35)32-45(43)53)37-21-8-9-22-38(37)46-33-47(55-52(54-46)34-17-4-3-5-18-34)42-25-12-15-30-50(42)56-48-28-13-10-23-39(48)40-24-11-14-29-49(40)56/h3-33H,1-2H3. The number of aromatic nitrogens is 3. The first-order valence-electron chi connectivity index (χ1n) is 19.3. The highest BCUT2D eigenvalue weighted by atomic mass is 15.0. The number of nitrogens with zero attached hydrogens (tertiary/aromatic N) is 3. The fraction of sp³-hybridized carbons (Fsp3) is 0.0566. The Morgan fingerprint density at radius 1 is 0.411 bits per heavy atom. The third kappa shape index (κ3) is 4.91. The molecule has 2 aromatic heterocycles. The number of para-hydroxylation sites is 3. The average Bonchev–Trinajstić information content (AvgIpc) is 3.71. The van der Waals surface area contributed by atoms with Crippen molar-refractivity contribution in [3.63, 3.8) is 0 Å². The van der Waals surface area contributed by atoms with Gasteiger partial charge in [0, 0.05) is 32.9 Å². The Bertz CT molecular complexity index is 3120. The molecule has 0 amide bonds. The van der Waals surface area contributed by atoms with Gasteiger partial charge in [0.05, 0.1) is 28.1 Å². The van der Waals surface area contributed by atoms with Gasteiger partial charge < -0.3 is 4.57 Å². The van der Waals surface area contributed by atoms with Gasteiger partial charge >= 0.3 is 0 Å². The van der Waals surface area contributed by atoms with Crippen LogP contribution in [0.3, 0.4) is 0 Å². The number of fused-ring (bicyclic) bond motifs is 7. The van der Waals surface area contributed by atoms with E-state index in [1.54, 1.807) is 0 Å². The second kappa shape index (κ2) is 12.5. The van der Waals surface area contributed by atoms with E-state index in [4.69, 9.17) is 9.97 Å². The number of benzene rings is 8. The fourth-order valence-electron chi connectivity index (χ4n) is 9.15. The van der Waals surface area contributed by atoms with Crippen LogP contribution in [0.2, 0.25) is 0 Å². The molecule has 0 atom stereocenters. The van der Waals surface area contributed by atoms with E-state index in [1.807, 2.05) is 6.07 Å². The summed E-state index contributed by atoms with van der Waals surface area (Å²) in [5.74, 6) is 0.696. The van der Waals surface area contributed by atoms with E-state index < -0.39 is 0 Å². The van der Waals surface area contributed by atoms with Crippen molar-refractivity contribution in [2.45, 2.75) is 19.3 Å². The van der Waals surface area contributed by atoms with E-state index in [-0.39, 0.29) is 5.41 Å². The van der Waals surface area contributed by atoms with Crippen LogP contribution in [0.4, 0.5) is 0 Å². The maximum atomic E-state index is 5.37. The van der Waals surface area contributed by atoms with E-state index in [0.717, 1.165) is 50.4 Å². The van der Waals surface area contributed by atoms with Crippen LogP contribution in [-0.2, 0) is 5.41 Å². The lowest BCUT2D eigenvalue weighted by Gasteiger charge is -2.22. The first-order chi connectivity index (χ1) is 27.5. The highest BCUT2D eigenvalue weighted by molar-refractivity contribution is 6.10. The molecule has 8 aromatic carbocycles. The second-order valence-electron chi connectivity index (χ2n) is 15.4. The molecule has 0 spiro atoms. The van der Waals surface area contributed by atoms with Crippen LogP contribution in [0.25, 0.3) is 94.4 Å². The third-order valence-electron chi connectivity index (χ3n) is 11.8. The Hall–Kier alpha value is -7.10. The van der Waals surface area contributed by atoms with Crippen LogP contribution in [0, 0.1) is 0 Å². The zero-order valence-corrected chi connectivity index (χ0v) is 31.2. The topological polar surface area (TPSA) is 30.7 Å². The van der Waals surface area contributed by atoms with Crippen molar-refractivity contribution >= 4 is 32.6 Å². The van der Waals surface area contributed by atoms with E-state index >= 15 is 0 Å². The van der Waals surface area contributed by atoms with Crippen LogP contribution < -0.4 is 0 Å². The molecule has 0 saturated heterocycles. The summed E-state index contributed by atoms with van der Waals surface area (Å²) in [4.78, 5) is 10.7. The van der Waals surface area contributed by atoms with Gasteiger partial charge in [-0.05, 0) is 80.6 Å². The van der Waals surface area contributed by atoms with E-state index in [9.17, 15) is 0 Å². The summed E-state index contributed by atoms with van der Waals surface area (Å²) >= 11 is 0. The Balaban J connectivity index is 1.15. The van der Waals surface area contributed by atoms with Crippen molar-refractivity contribution in [3.8, 4) is 61.8 Å². The Labute approximate surface area is 326 Å². The highest BCUT2D eigenvalue weighted by Gasteiger charge is 2.37. The maximum Gasteiger partial charge on any atom is 0.160 e. The summed E-state index contributed by atoms with van der Waals surface area (Å²) in [6, 6.07) is 67.6. The smallest absolute Gasteiger partial charge is 0.160 e. The van der Waals surface area contributed by atoms with Crippen molar-refractivity contribution < 1.29 is 0 Å². The number of rotatable bonds is 5.